The fraction of sp³-hybridized carbons (Fsp3) is 0.364. The van der Waals surface area contributed by atoms with Gasteiger partial charge in [-0.1, -0.05) is 24.3 Å². The second-order valence-electron chi connectivity index (χ2n) is 3.41. The first-order valence-electron chi connectivity index (χ1n) is 4.88. The van der Waals surface area contributed by atoms with Crippen molar-refractivity contribution in [3.63, 3.8) is 0 Å². The van der Waals surface area contributed by atoms with Crippen molar-refractivity contribution in [2.75, 3.05) is 13.2 Å². The molecule has 0 radical (unpaired) electrons. The van der Waals surface area contributed by atoms with Gasteiger partial charge < -0.3 is 5.11 Å². The number of hydrogen-bond donors (Lipinski definition) is 1. The maximum atomic E-state index is 8.71. The van der Waals surface area contributed by atoms with E-state index in [1.807, 2.05) is 23.4 Å². The highest BCUT2D eigenvalue weighted by molar-refractivity contribution is 5.82. The lowest BCUT2D eigenvalue weighted by molar-refractivity contribution is 0.223. The van der Waals surface area contributed by atoms with E-state index in [9.17, 15) is 0 Å². The lowest BCUT2D eigenvalue weighted by Crippen LogP contribution is -2.23. The summed E-state index contributed by atoms with van der Waals surface area (Å²) in [6.07, 6.45) is 2.66. The molecule has 1 heterocycles. The molecule has 3 nitrogen and oxygen atoms in total. The molecule has 1 aromatic rings. The van der Waals surface area contributed by atoms with Crippen LogP contribution in [-0.2, 0) is 6.54 Å². The summed E-state index contributed by atoms with van der Waals surface area (Å²) in [5.41, 5.74) is 2.51. The molecule has 0 unspecified atom stereocenters. The van der Waals surface area contributed by atoms with Crippen molar-refractivity contribution in [1.82, 2.24) is 5.01 Å². The van der Waals surface area contributed by atoms with Crippen LogP contribution in [0.15, 0.2) is 29.4 Å². The van der Waals surface area contributed by atoms with Crippen LogP contribution in [0.1, 0.15) is 17.5 Å². The molecule has 1 aromatic carbocycles. The van der Waals surface area contributed by atoms with Crippen LogP contribution in [0.2, 0.25) is 0 Å². The fourth-order valence-electron chi connectivity index (χ4n) is 1.58. The summed E-state index contributed by atoms with van der Waals surface area (Å²) in [6, 6.07) is 8.26. The summed E-state index contributed by atoms with van der Waals surface area (Å²) in [4.78, 5) is 0. The number of hydrazone groups is 1. The second kappa shape index (κ2) is 4.24. The number of aliphatic hydroxyl groups is 1. The molecule has 0 saturated carbocycles. The second-order valence-corrected chi connectivity index (χ2v) is 3.41. The van der Waals surface area contributed by atoms with Crippen LogP contribution in [0.5, 0.6) is 0 Å². The van der Waals surface area contributed by atoms with Crippen molar-refractivity contribution in [3.05, 3.63) is 35.4 Å². The standard InChI is InChI=1S/C11H14N2O/c14-7-3-6-13-9-11-5-2-1-4-10(11)8-12-13/h1-2,4-5,8,14H,3,6-7,9H2. The largest absolute Gasteiger partial charge is 0.396 e. The van der Waals surface area contributed by atoms with E-state index in [0.717, 1.165) is 19.5 Å². The van der Waals surface area contributed by atoms with Gasteiger partial charge in [0.25, 0.3) is 0 Å². The monoisotopic (exact) mass is 190 g/mol. The maximum Gasteiger partial charge on any atom is 0.0617 e. The van der Waals surface area contributed by atoms with Crippen LogP contribution in [0.3, 0.4) is 0 Å². The molecule has 1 N–H and O–H groups in total. The predicted molar refractivity (Wildman–Crippen MR) is 56.1 cm³/mol. The van der Waals surface area contributed by atoms with Gasteiger partial charge in [-0.15, -0.1) is 0 Å². The highest BCUT2D eigenvalue weighted by Gasteiger charge is 2.09. The third-order valence-electron chi connectivity index (χ3n) is 2.34. The summed E-state index contributed by atoms with van der Waals surface area (Å²) < 4.78 is 0. The number of rotatable bonds is 3. The Balaban J connectivity index is 2.06. The normalized spacial score (nSPS) is 14.2. The summed E-state index contributed by atoms with van der Waals surface area (Å²) in [6.45, 7) is 1.90. The van der Waals surface area contributed by atoms with E-state index >= 15 is 0 Å². The van der Waals surface area contributed by atoms with Crippen LogP contribution >= 0.6 is 0 Å². The summed E-state index contributed by atoms with van der Waals surface area (Å²) in [5, 5.41) is 15.0. The Morgan fingerprint density at radius 3 is 3.07 bits per heavy atom. The summed E-state index contributed by atoms with van der Waals surface area (Å²) in [5.74, 6) is 0. The SMILES string of the molecule is OCCCN1Cc2ccccc2C=N1. The van der Waals surface area contributed by atoms with Crippen molar-refractivity contribution >= 4 is 6.21 Å². The molecular weight excluding hydrogens is 176 g/mol. The third kappa shape index (κ3) is 1.93. The maximum absolute atomic E-state index is 8.71. The number of nitrogens with zero attached hydrogens (tertiary/aromatic N) is 2. The van der Waals surface area contributed by atoms with Crippen molar-refractivity contribution in [2.24, 2.45) is 5.10 Å². The molecule has 0 atom stereocenters. The molecule has 0 fully saturated rings. The van der Waals surface area contributed by atoms with E-state index < -0.39 is 0 Å². The van der Waals surface area contributed by atoms with Gasteiger partial charge in [-0.2, -0.15) is 5.10 Å². The van der Waals surface area contributed by atoms with Gasteiger partial charge in [0.15, 0.2) is 0 Å². The van der Waals surface area contributed by atoms with Crippen molar-refractivity contribution in [2.45, 2.75) is 13.0 Å². The van der Waals surface area contributed by atoms with E-state index in [4.69, 9.17) is 5.11 Å². The number of hydrogen-bond acceptors (Lipinski definition) is 3. The molecule has 1 aliphatic heterocycles. The molecule has 0 amide bonds. The predicted octanol–water partition coefficient (Wildman–Crippen LogP) is 1.22. The van der Waals surface area contributed by atoms with Crippen LogP contribution in [0, 0.1) is 0 Å². The van der Waals surface area contributed by atoms with Crippen LogP contribution in [0.4, 0.5) is 0 Å². The first-order valence-corrected chi connectivity index (χ1v) is 4.88. The van der Waals surface area contributed by atoms with Crippen molar-refractivity contribution < 1.29 is 5.11 Å². The summed E-state index contributed by atoms with van der Waals surface area (Å²) >= 11 is 0. The number of benzene rings is 1. The van der Waals surface area contributed by atoms with Crippen molar-refractivity contribution in [3.8, 4) is 0 Å². The Labute approximate surface area is 83.7 Å². The Kier molecular flexibility index (Phi) is 2.79. The van der Waals surface area contributed by atoms with Crippen LogP contribution < -0.4 is 0 Å². The quantitative estimate of drug-likeness (QED) is 0.777. The summed E-state index contributed by atoms with van der Waals surface area (Å²) in [7, 11) is 0. The van der Waals surface area contributed by atoms with E-state index in [-0.39, 0.29) is 6.61 Å². The Morgan fingerprint density at radius 1 is 1.36 bits per heavy atom. The highest BCUT2D eigenvalue weighted by Crippen LogP contribution is 2.14. The average Bonchev–Trinajstić information content (AvgIpc) is 2.26. The minimum Gasteiger partial charge on any atom is -0.396 e. The molecule has 0 bridgehead atoms. The lowest BCUT2D eigenvalue weighted by Gasteiger charge is -2.23. The number of fused-ring (bicyclic) bond motifs is 1. The third-order valence-corrected chi connectivity index (χ3v) is 2.34. The smallest absolute Gasteiger partial charge is 0.0617 e. The minimum absolute atomic E-state index is 0.230. The van der Waals surface area contributed by atoms with Crippen molar-refractivity contribution in [1.29, 1.82) is 0 Å². The zero-order valence-corrected chi connectivity index (χ0v) is 8.06. The van der Waals surface area contributed by atoms with Gasteiger partial charge in [0.05, 0.1) is 12.8 Å². The molecule has 0 aliphatic carbocycles. The first kappa shape index (κ1) is 9.21. The molecule has 0 spiro atoms. The fourth-order valence-corrected chi connectivity index (χ4v) is 1.58. The highest BCUT2D eigenvalue weighted by atomic mass is 16.3. The van der Waals surface area contributed by atoms with Crippen LogP contribution in [0.25, 0.3) is 0 Å². The van der Waals surface area contributed by atoms with Gasteiger partial charge >= 0.3 is 0 Å². The average molecular weight is 190 g/mol. The minimum atomic E-state index is 0.230. The lowest BCUT2D eigenvalue weighted by atomic mass is 10.1. The van der Waals surface area contributed by atoms with Gasteiger partial charge in [-0.25, -0.2) is 0 Å². The first-order chi connectivity index (χ1) is 6.90. The molecule has 1 aliphatic rings. The van der Waals surface area contributed by atoms with Gasteiger partial charge in [0, 0.05) is 13.2 Å². The zero-order valence-electron chi connectivity index (χ0n) is 8.06. The van der Waals surface area contributed by atoms with E-state index in [0.29, 0.717) is 0 Å². The van der Waals surface area contributed by atoms with Gasteiger partial charge in [-0.05, 0) is 17.5 Å². The van der Waals surface area contributed by atoms with E-state index in [2.05, 4.69) is 17.2 Å². The molecule has 14 heavy (non-hydrogen) atoms. The number of aliphatic hydroxyl groups excluding tert-OH is 1. The Bertz CT molecular complexity index is 336. The molecule has 74 valence electrons. The van der Waals surface area contributed by atoms with E-state index in [1.165, 1.54) is 11.1 Å². The molecular formula is C11H14N2O. The Morgan fingerprint density at radius 2 is 2.21 bits per heavy atom. The zero-order chi connectivity index (χ0) is 9.80. The molecule has 2 rings (SSSR count). The van der Waals surface area contributed by atoms with E-state index in [1.54, 1.807) is 0 Å². The van der Waals surface area contributed by atoms with Crippen LogP contribution in [-0.4, -0.2) is 29.5 Å². The Hall–Kier alpha value is -1.35. The molecule has 0 saturated heterocycles. The van der Waals surface area contributed by atoms with Gasteiger partial charge in [0.2, 0.25) is 0 Å². The molecule has 0 aromatic heterocycles. The van der Waals surface area contributed by atoms with Gasteiger partial charge in [0.1, 0.15) is 0 Å². The topological polar surface area (TPSA) is 35.8 Å². The molecule has 3 heteroatoms. The van der Waals surface area contributed by atoms with Gasteiger partial charge in [-0.3, -0.25) is 5.01 Å².